The third kappa shape index (κ3) is 3.43. The summed E-state index contributed by atoms with van der Waals surface area (Å²) in [4.78, 5) is 36.5. The second kappa shape index (κ2) is 6.29. The monoisotopic (exact) mass is 403 g/mol. The van der Waals surface area contributed by atoms with E-state index in [1.54, 1.807) is 18.2 Å². The Morgan fingerprint density at radius 1 is 1.48 bits per heavy atom. The molecule has 0 saturated carbocycles. The average molecular weight is 403 g/mol. The molecule has 1 aliphatic rings. The number of nitrogens with one attached hydrogen (secondary N) is 1. The zero-order valence-corrected chi connectivity index (χ0v) is 13.4. The molecule has 3 amide bonds. The SMILES string of the molecule is C[C@@H](OC(=O)c1cc(I)ccc1N)C(=O)N1CCNC1=O. The Bertz CT molecular complexity index is 605. The fourth-order valence-corrected chi connectivity index (χ4v) is 2.37. The summed E-state index contributed by atoms with van der Waals surface area (Å²) in [5.74, 6) is -1.24. The molecule has 1 fully saturated rings. The fraction of sp³-hybridized carbons (Fsp3) is 0.308. The maximum absolute atomic E-state index is 12.1. The lowest BCUT2D eigenvalue weighted by Gasteiger charge is -2.18. The molecule has 0 spiro atoms. The van der Waals surface area contributed by atoms with Gasteiger partial charge in [-0.05, 0) is 47.7 Å². The number of carbonyl (C=O) groups excluding carboxylic acids is 3. The molecule has 2 rings (SSSR count). The van der Waals surface area contributed by atoms with Gasteiger partial charge in [-0.2, -0.15) is 0 Å². The molecule has 8 heteroatoms. The Morgan fingerprint density at radius 2 is 2.19 bits per heavy atom. The predicted molar refractivity (Wildman–Crippen MR) is 83.6 cm³/mol. The summed E-state index contributed by atoms with van der Waals surface area (Å²) >= 11 is 2.04. The van der Waals surface area contributed by atoms with E-state index in [1.807, 2.05) is 22.6 Å². The molecule has 1 aromatic carbocycles. The van der Waals surface area contributed by atoms with E-state index in [-0.39, 0.29) is 17.8 Å². The first-order valence-corrected chi connectivity index (χ1v) is 7.33. The van der Waals surface area contributed by atoms with Gasteiger partial charge in [0.15, 0.2) is 6.10 Å². The normalized spacial score (nSPS) is 15.5. The summed E-state index contributed by atoms with van der Waals surface area (Å²) < 4.78 is 5.93. The second-order valence-electron chi connectivity index (χ2n) is 4.50. The van der Waals surface area contributed by atoms with Crippen molar-refractivity contribution in [3.05, 3.63) is 27.3 Å². The van der Waals surface area contributed by atoms with E-state index in [0.717, 1.165) is 8.47 Å². The maximum atomic E-state index is 12.1. The van der Waals surface area contributed by atoms with Crippen molar-refractivity contribution >= 4 is 46.2 Å². The smallest absolute Gasteiger partial charge is 0.341 e. The van der Waals surface area contributed by atoms with E-state index in [9.17, 15) is 14.4 Å². The van der Waals surface area contributed by atoms with Crippen LogP contribution in [0, 0.1) is 3.57 Å². The molecular weight excluding hydrogens is 389 g/mol. The third-order valence-corrected chi connectivity index (χ3v) is 3.66. The minimum atomic E-state index is -1.06. The standard InChI is InChI=1S/C13H14IN3O4/c1-7(11(18)17-5-4-16-13(17)20)21-12(19)9-6-8(14)2-3-10(9)15/h2-3,6-7H,4-5,15H2,1H3,(H,16,20)/t7-/m1/s1. The van der Waals surface area contributed by atoms with Crippen LogP contribution in [0.5, 0.6) is 0 Å². The summed E-state index contributed by atoms with van der Waals surface area (Å²) in [5.41, 5.74) is 6.20. The van der Waals surface area contributed by atoms with Gasteiger partial charge >= 0.3 is 12.0 Å². The van der Waals surface area contributed by atoms with Gasteiger partial charge < -0.3 is 15.8 Å². The number of urea groups is 1. The van der Waals surface area contributed by atoms with E-state index >= 15 is 0 Å². The van der Waals surface area contributed by atoms with Crippen LogP contribution in [0.25, 0.3) is 0 Å². The molecule has 1 heterocycles. The number of hydrogen-bond acceptors (Lipinski definition) is 5. The molecule has 0 unspecified atom stereocenters. The lowest BCUT2D eigenvalue weighted by molar-refractivity contribution is -0.136. The molecule has 0 radical (unpaired) electrons. The summed E-state index contributed by atoms with van der Waals surface area (Å²) in [6.07, 6.45) is -1.06. The lowest BCUT2D eigenvalue weighted by Crippen LogP contribution is -2.41. The minimum Gasteiger partial charge on any atom is -0.449 e. The van der Waals surface area contributed by atoms with Crippen molar-refractivity contribution in [1.82, 2.24) is 10.2 Å². The number of halogens is 1. The largest absolute Gasteiger partial charge is 0.449 e. The van der Waals surface area contributed by atoms with Crippen LogP contribution in [0.2, 0.25) is 0 Å². The number of rotatable bonds is 3. The van der Waals surface area contributed by atoms with Crippen molar-refractivity contribution in [2.75, 3.05) is 18.8 Å². The topological polar surface area (TPSA) is 102 Å². The number of amides is 3. The van der Waals surface area contributed by atoms with Crippen molar-refractivity contribution in [1.29, 1.82) is 0 Å². The van der Waals surface area contributed by atoms with Crippen molar-refractivity contribution in [2.24, 2.45) is 0 Å². The highest BCUT2D eigenvalue weighted by atomic mass is 127. The first-order valence-electron chi connectivity index (χ1n) is 6.25. The molecule has 0 aromatic heterocycles. The van der Waals surface area contributed by atoms with Crippen molar-refractivity contribution in [3.63, 3.8) is 0 Å². The van der Waals surface area contributed by atoms with Gasteiger partial charge in [0, 0.05) is 22.3 Å². The van der Waals surface area contributed by atoms with Crippen LogP contribution in [0.3, 0.4) is 0 Å². The number of imide groups is 1. The Hall–Kier alpha value is -1.84. The molecule has 21 heavy (non-hydrogen) atoms. The summed E-state index contributed by atoms with van der Waals surface area (Å²) in [7, 11) is 0. The highest BCUT2D eigenvalue weighted by molar-refractivity contribution is 14.1. The zero-order chi connectivity index (χ0) is 15.6. The Morgan fingerprint density at radius 3 is 2.81 bits per heavy atom. The number of anilines is 1. The number of nitrogens with two attached hydrogens (primary N) is 1. The van der Waals surface area contributed by atoms with Gasteiger partial charge in [0.1, 0.15) is 0 Å². The van der Waals surface area contributed by atoms with E-state index in [0.29, 0.717) is 6.54 Å². The van der Waals surface area contributed by atoms with Crippen LogP contribution in [-0.4, -0.2) is 42.0 Å². The third-order valence-electron chi connectivity index (χ3n) is 2.99. The van der Waals surface area contributed by atoms with E-state index < -0.39 is 24.0 Å². The second-order valence-corrected chi connectivity index (χ2v) is 5.75. The molecule has 1 aromatic rings. The van der Waals surface area contributed by atoms with Crippen LogP contribution < -0.4 is 11.1 Å². The average Bonchev–Trinajstić information content (AvgIpc) is 2.86. The predicted octanol–water partition coefficient (Wildman–Crippen LogP) is 0.970. The van der Waals surface area contributed by atoms with Crippen LogP contribution in [0.15, 0.2) is 18.2 Å². The van der Waals surface area contributed by atoms with Crippen LogP contribution >= 0.6 is 22.6 Å². The van der Waals surface area contributed by atoms with Crippen LogP contribution in [0.1, 0.15) is 17.3 Å². The van der Waals surface area contributed by atoms with Gasteiger partial charge in [-0.15, -0.1) is 0 Å². The van der Waals surface area contributed by atoms with Crippen molar-refractivity contribution < 1.29 is 19.1 Å². The lowest BCUT2D eigenvalue weighted by atomic mass is 10.2. The number of nitrogens with zero attached hydrogens (tertiary/aromatic N) is 1. The highest BCUT2D eigenvalue weighted by Crippen LogP contribution is 2.18. The van der Waals surface area contributed by atoms with Gasteiger partial charge in [-0.25, -0.2) is 9.59 Å². The minimum absolute atomic E-state index is 0.201. The van der Waals surface area contributed by atoms with Gasteiger partial charge in [0.05, 0.1) is 5.56 Å². The van der Waals surface area contributed by atoms with Gasteiger partial charge in [0.25, 0.3) is 5.91 Å². The number of carbonyl (C=O) groups is 3. The first-order chi connectivity index (χ1) is 9.90. The molecule has 3 N–H and O–H groups in total. The van der Waals surface area contributed by atoms with Gasteiger partial charge in [0.2, 0.25) is 0 Å². The fourth-order valence-electron chi connectivity index (χ4n) is 1.88. The van der Waals surface area contributed by atoms with Crippen LogP contribution in [-0.2, 0) is 9.53 Å². The summed E-state index contributed by atoms with van der Waals surface area (Å²) in [6.45, 7) is 2.09. The molecule has 1 aliphatic heterocycles. The molecule has 1 atom stereocenters. The first kappa shape index (κ1) is 15.5. The number of benzene rings is 1. The van der Waals surface area contributed by atoms with E-state index in [2.05, 4.69) is 5.32 Å². The summed E-state index contributed by atoms with van der Waals surface area (Å²) in [6, 6.07) is 4.46. The summed E-state index contributed by atoms with van der Waals surface area (Å²) in [5, 5.41) is 2.51. The van der Waals surface area contributed by atoms with E-state index in [1.165, 1.54) is 6.92 Å². The van der Waals surface area contributed by atoms with Crippen molar-refractivity contribution in [2.45, 2.75) is 13.0 Å². The zero-order valence-electron chi connectivity index (χ0n) is 11.3. The molecule has 0 aliphatic carbocycles. The molecule has 1 saturated heterocycles. The Balaban J connectivity index is 2.06. The molecule has 112 valence electrons. The van der Waals surface area contributed by atoms with Gasteiger partial charge in [-0.3, -0.25) is 9.69 Å². The maximum Gasteiger partial charge on any atom is 0.341 e. The number of esters is 1. The Labute approximate surface area is 134 Å². The van der Waals surface area contributed by atoms with Crippen molar-refractivity contribution in [3.8, 4) is 0 Å². The number of nitrogen functional groups attached to an aromatic ring is 1. The highest BCUT2D eigenvalue weighted by Gasteiger charge is 2.32. The molecule has 7 nitrogen and oxygen atoms in total. The van der Waals surface area contributed by atoms with E-state index in [4.69, 9.17) is 10.5 Å². The molecule has 0 bridgehead atoms. The molecular formula is C13H14IN3O4. The van der Waals surface area contributed by atoms with Crippen LogP contribution in [0.4, 0.5) is 10.5 Å². The quantitative estimate of drug-likeness (QED) is 0.445. The van der Waals surface area contributed by atoms with Gasteiger partial charge in [-0.1, -0.05) is 0 Å². The number of ether oxygens (including phenoxy) is 1. The Kier molecular flexibility index (Phi) is 4.66. The number of hydrogen-bond donors (Lipinski definition) is 2.